The van der Waals surface area contributed by atoms with E-state index in [0.29, 0.717) is 24.0 Å². The Balaban J connectivity index is 1.75. The first-order valence-electron chi connectivity index (χ1n) is 7.57. The second-order valence-electron chi connectivity index (χ2n) is 5.68. The maximum Gasteiger partial charge on any atom is 0.346 e. The molecule has 0 unspecified atom stereocenters. The lowest BCUT2D eigenvalue weighted by molar-refractivity contribution is 0.0730. The summed E-state index contributed by atoms with van der Waals surface area (Å²) in [6, 6.07) is 15.4. The van der Waals surface area contributed by atoms with E-state index in [1.807, 2.05) is 36.4 Å². The molecular weight excluding hydrogens is 290 g/mol. The summed E-state index contributed by atoms with van der Waals surface area (Å²) in [5.74, 6) is -0.193. The van der Waals surface area contributed by atoms with E-state index < -0.39 is 5.69 Å². The molecule has 1 aliphatic heterocycles. The Kier molecular flexibility index (Phi) is 3.19. The van der Waals surface area contributed by atoms with Crippen LogP contribution in [0.15, 0.2) is 53.3 Å². The number of aromatic amines is 1. The van der Waals surface area contributed by atoms with Gasteiger partial charge in [-0.05, 0) is 23.6 Å². The molecule has 0 saturated heterocycles. The zero-order valence-corrected chi connectivity index (χ0v) is 12.5. The number of hydrogen-bond donors (Lipinski definition) is 1. The van der Waals surface area contributed by atoms with Gasteiger partial charge in [0.2, 0.25) is 0 Å². The molecule has 0 radical (unpaired) electrons. The number of carbonyl (C=O) groups excluding carboxylic acids is 1. The van der Waals surface area contributed by atoms with Crippen LogP contribution in [0.1, 0.15) is 21.6 Å². The van der Waals surface area contributed by atoms with E-state index in [4.69, 9.17) is 0 Å². The van der Waals surface area contributed by atoms with Crippen molar-refractivity contribution >= 4 is 16.8 Å². The summed E-state index contributed by atoms with van der Waals surface area (Å²) in [6.45, 7) is 1.19. The van der Waals surface area contributed by atoms with Crippen molar-refractivity contribution in [2.75, 3.05) is 6.54 Å². The van der Waals surface area contributed by atoms with Crippen LogP contribution < -0.4 is 5.69 Å². The molecule has 2 heterocycles. The highest BCUT2D eigenvalue weighted by atomic mass is 16.2. The molecule has 1 aromatic heterocycles. The molecular formula is C18H15N3O2. The van der Waals surface area contributed by atoms with Crippen molar-refractivity contribution in [2.24, 2.45) is 0 Å². The minimum Gasteiger partial charge on any atom is -0.333 e. The summed E-state index contributed by atoms with van der Waals surface area (Å²) in [5, 5.41) is 0.677. The number of H-pyrrole nitrogens is 1. The molecule has 1 N–H and O–H groups in total. The lowest BCUT2D eigenvalue weighted by Gasteiger charge is -2.28. The molecule has 0 bridgehead atoms. The van der Waals surface area contributed by atoms with Gasteiger partial charge < -0.3 is 9.88 Å². The fourth-order valence-electron chi connectivity index (χ4n) is 3.09. The molecule has 0 fully saturated rings. The molecule has 1 aliphatic rings. The standard InChI is InChI=1S/C18H15N3O2/c22-17(21-10-9-12-5-1-2-6-13(12)11-21)16-14-7-3-4-8-15(14)19-18(23)20-16/h1-8H,9-11H2,(H,19,20,23). The van der Waals surface area contributed by atoms with Crippen molar-refractivity contribution in [3.05, 3.63) is 75.8 Å². The second kappa shape index (κ2) is 5.35. The third kappa shape index (κ3) is 2.40. The molecule has 114 valence electrons. The smallest absolute Gasteiger partial charge is 0.333 e. The van der Waals surface area contributed by atoms with Crippen LogP contribution in [0.4, 0.5) is 0 Å². The van der Waals surface area contributed by atoms with Crippen molar-refractivity contribution in [1.29, 1.82) is 0 Å². The summed E-state index contributed by atoms with van der Waals surface area (Å²) < 4.78 is 0. The van der Waals surface area contributed by atoms with Gasteiger partial charge >= 0.3 is 5.69 Å². The number of carbonyl (C=O) groups is 1. The molecule has 23 heavy (non-hydrogen) atoms. The maximum atomic E-state index is 12.9. The van der Waals surface area contributed by atoms with Crippen molar-refractivity contribution in [3.8, 4) is 0 Å². The van der Waals surface area contributed by atoms with E-state index in [2.05, 4.69) is 16.0 Å². The van der Waals surface area contributed by atoms with Gasteiger partial charge in [-0.1, -0.05) is 42.5 Å². The quantitative estimate of drug-likeness (QED) is 0.749. The number of amides is 1. The number of fused-ring (bicyclic) bond motifs is 2. The van der Waals surface area contributed by atoms with E-state index in [-0.39, 0.29) is 11.6 Å². The highest BCUT2D eigenvalue weighted by Gasteiger charge is 2.24. The SMILES string of the molecule is O=C(c1nc(=O)[nH]c2ccccc12)N1CCc2ccccc2C1. The van der Waals surface area contributed by atoms with Crippen LogP contribution in [0.5, 0.6) is 0 Å². The molecule has 0 atom stereocenters. The molecule has 0 saturated carbocycles. The molecule has 1 amide bonds. The molecule has 5 nitrogen and oxygen atoms in total. The molecule has 2 aromatic carbocycles. The van der Waals surface area contributed by atoms with Gasteiger partial charge in [-0.25, -0.2) is 4.79 Å². The van der Waals surface area contributed by atoms with Crippen LogP contribution in [0.25, 0.3) is 10.9 Å². The van der Waals surface area contributed by atoms with E-state index in [9.17, 15) is 9.59 Å². The monoisotopic (exact) mass is 305 g/mol. The number of benzene rings is 2. The number of para-hydroxylation sites is 1. The molecule has 5 heteroatoms. The van der Waals surface area contributed by atoms with Gasteiger partial charge in [0, 0.05) is 18.5 Å². The molecule has 4 rings (SSSR count). The van der Waals surface area contributed by atoms with Gasteiger partial charge in [0.1, 0.15) is 5.69 Å². The Bertz CT molecular complexity index is 962. The van der Waals surface area contributed by atoms with Crippen molar-refractivity contribution in [1.82, 2.24) is 14.9 Å². The third-order valence-corrected chi connectivity index (χ3v) is 4.26. The van der Waals surface area contributed by atoms with Crippen molar-refractivity contribution in [3.63, 3.8) is 0 Å². The van der Waals surface area contributed by atoms with Gasteiger partial charge in [0.05, 0.1) is 5.52 Å². The van der Waals surface area contributed by atoms with Crippen molar-refractivity contribution in [2.45, 2.75) is 13.0 Å². The molecule has 3 aromatic rings. The van der Waals surface area contributed by atoms with Gasteiger partial charge in [-0.15, -0.1) is 0 Å². The average Bonchev–Trinajstić information content (AvgIpc) is 2.60. The lowest BCUT2D eigenvalue weighted by Crippen LogP contribution is -2.37. The largest absolute Gasteiger partial charge is 0.346 e. The number of nitrogens with one attached hydrogen (secondary N) is 1. The Morgan fingerprint density at radius 1 is 1.04 bits per heavy atom. The van der Waals surface area contributed by atoms with Gasteiger partial charge in [0.25, 0.3) is 5.91 Å². The van der Waals surface area contributed by atoms with E-state index >= 15 is 0 Å². The van der Waals surface area contributed by atoms with Gasteiger partial charge in [-0.2, -0.15) is 4.98 Å². The van der Waals surface area contributed by atoms with Crippen LogP contribution in [-0.4, -0.2) is 27.3 Å². The first-order chi connectivity index (χ1) is 11.2. The van der Waals surface area contributed by atoms with Crippen molar-refractivity contribution < 1.29 is 4.79 Å². The zero-order chi connectivity index (χ0) is 15.8. The van der Waals surface area contributed by atoms with E-state index in [1.165, 1.54) is 5.56 Å². The van der Waals surface area contributed by atoms with E-state index in [1.54, 1.807) is 11.0 Å². The van der Waals surface area contributed by atoms with Crippen LogP contribution >= 0.6 is 0 Å². The predicted octanol–water partition coefficient (Wildman–Crippen LogP) is 2.12. The first-order valence-corrected chi connectivity index (χ1v) is 7.57. The second-order valence-corrected chi connectivity index (χ2v) is 5.68. The zero-order valence-electron chi connectivity index (χ0n) is 12.5. The van der Waals surface area contributed by atoms with Gasteiger partial charge in [-0.3, -0.25) is 4.79 Å². The van der Waals surface area contributed by atoms with Crippen LogP contribution in [0.3, 0.4) is 0 Å². The minimum atomic E-state index is -0.496. The summed E-state index contributed by atoms with van der Waals surface area (Å²) in [6.07, 6.45) is 0.822. The summed E-state index contributed by atoms with van der Waals surface area (Å²) in [7, 11) is 0. The highest BCUT2D eigenvalue weighted by molar-refractivity contribution is 6.04. The number of nitrogens with zero attached hydrogens (tertiary/aromatic N) is 2. The van der Waals surface area contributed by atoms with Crippen LogP contribution in [0.2, 0.25) is 0 Å². The Hall–Kier alpha value is -2.95. The Labute approximate surface area is 132 Å². The molecule has 0 aliphatic carbocycles. The highest BCUT2D eigenvalue weighted by Crippen LogP contribution is 2.21. The fourth-order valence-corrected chi connectivity index (χ4v) is 3.09. The maximum absolute atomic E-state index is 12.9. The van der Waals surface area contributed by atoms with E-state index in [0.717, 1.165) is 12.0 Å². The summed E-state index contributed by atoms with van der Waals surface area (Å²) in [4.78, 5) is 33.0. The average molecular weight is 305 g/mol. The van der Waals surface area contributed by atoms with Crippen LogP contribution in [-0.2, 0) is 13.0 Å². The molecule has 0 spiro atoms. The van der Waals surface area contributed by atoms with Gasteiger partial charge in [0.15, 0.2) is 0 Å². The fraction of sp³-hybridized carbons (Fsp3) is 0.167. The number of aromatic nitrogens is 2. The topological polar surface area (TPSA) is 66.1 Å². The number of hydrogen-bond acceptors (Lipinski definition) is 3. The normalized spacial score (nSPS) is 13.8. The first kappa shape index (κ1) is 13.7. The summed E-state index contributed by atoms with van der Waals surface area (Å²) >= 11 is 0. The Morgan fingerprint density at radius 2 is 1.78 bits per heavy atom. The minimum absolute atomic E-state index is 0.193. The summed E-state index contributed by atoms with van der Waals surface area (Å²) in [5.41, 5.74) is 2.79. The third-order valence-electron chi connectivity index (χ3n) is 4.26. The number of rotatable bonds is 1. The lowest BCUT2D eigenvalue weighted by atomic mass is 9.99. The van der Waals surface area contributed by atoms with Crippen LogP contribution in [0, 0.1) is 0 Å². The Morgan fingerprint density at radius 3 is 2.65 bits per heavy atom. The predicted molar refractivity (Wildman–Crippen MR) is 87.3 cm³/mol.